The van der Waals surface area contributed by atoms with E-state index in [1.54, 1.807) is 32.2 Å². The molecule has 0 fully saturated rings. The SMILES string of the molecule is CCNC(=O)C(C)Oc1ccc(OC)cc1N. The van der Waals surface area contributed by atoms with E-state index in [9.17, 15) is 4.79 Å². The highest BCUT2D eigenvalue weighted by molar-refractivity contribution is 5.80. The molecule has 5 heteroatoms. The molecule has 0 spiro atoms. The summed E-state index contributed by atoms with van der Waals surface area (Å²) < 4.78 is 10.5. The van der Waals surface area contributed by atoms with Crippen molar-refractivity contribution in [3.8, 4) is 11.5 Å². The van der Waals surface area contributed by atoms with E-state index in [4.69, 9.17) is 15.2 Å². The number of ether oxygens (including phenoxy) is 2. The lowest BCUT2D eigenvalue weighted by Crippen LogP contribution is -2.36. The molecule has 0 bridgehead atoms. The summed E-state index contributed by atoms with van der Waals surface area (Å²) in [7, 11) is 1.56. The predicted molar refractivity (Wildman–Crippen MR) is 66.2 cm³/mol. The fourth-order valence-electron chi connectivity index (χ4n) is 1.32. The Kier molecular flexibility index (Phi) is 4.63. The van der Waals surface area contributed by atoms with Crippen LogP contribution in [0.3, 0.4) is 0 Å². The third kappa shape index (κ3) is 3.55. The topological polar surface area (TPSA) is 73.6 Å². The van der Waals surface area contributed by atoms with Gasteiger partial charge in [0.05, 0.1) is 12.8 Å². The Hall–Kier alpha value is -1.91. The molecule has 0 saturated carbocycles. The van der Waals surface area contributed by atoms with Crippen LogP contribution in [0.15, 0.2) is 18.2 Å². The average Bonchev–Trinajstić information content (AvgIpc) is 2.31. The summed E-state index contributed by atoms with van der Waals surface area (Å²) in [4.78, 5) is 11.5. The third-order valence-corrected chi connectivity index (χ3v) is 2.24. The Morgan fingerprint density at radius 3 is 2.76 bits per heavy atom. The Labute approximate surface area is 101 Å². The van der Waals surface area contributed by atoms with E-state index < -0.39 is 6.10 Å². The van der Waals surface area contributed by atoms with Crippen molar-refractivity contribution in [2.45, 2.75) is 20.0 Å². The van der Waals surface area contributed by atoms with Gasteiger partial charge in [-0.1, -0.05) is 0 Å². The molecule has 0 aliphatic rings. The molecular weight excluding hydrogens is 220 g/mol. The molecule has 1 amide bonds. The number of nitrogens with two attached hydrogens (primary N) is 1. The van der Waals surface area contributed by atoms with Gasteiger partial charge in [0.1, 0.15) is 11.5 Å². The molecule has 0 aromatic heterocycles. The molecule has 1 unspecified atom stereocenters. The fraction of sp³-hybridized carbons (Fsp3) is 0.417. The highest BCUT2D eigenvalue weighted by atomic mass is 16.5. The summed E-state index contributed by atoms with van der Waals surface area (Å²) in [6, 6.07) is 5.07. The summed E-state index contributed by atoms with van der Waals surface area (Å²) in [5.74, 6) is 0.966. The van der Waals surface area contributed by atoms with E-state index in [1.165, 1.54) is 0 Å². The van der Waals surface area contributed by atoms with Crippen LogP contribution in [0.4, 0.5) is 5.69 Å². The first-order valence-electron chi connectivity index (χ1n) is 5.46. The van der Waals surface area contributed by atoms with Gasteiger partial charge in [0.15, 0.2) is 6.10 Å². The number of hydrogen-bond donors (Lipinski definition) is 2. The van der Waals surface area contributed by atoms with Crippen LogP contribution in [-0.2, 0) is 4.79 Å². The number of amides is 1. The molecule has 17 heavy (non-hydrogen) atoms. The molecule has 1 atom stereocenters. The maximum Gasteiger partial charge on any atom is 0.260 e. The predicted octanol–water partition coefficient (Wildman–Crippen LogP) is 1.18. The molecule has 0 saturated heterocycles. The molecule has 5 nitrogen and oxygen atoms in total. The van der Waals surface area contributed by atoms with Crippen molar-refractivity contribution in [3.05, 3.63) is 18.2 Å². The molecule has 0 aliphatic heterocycles. The number of rotatable bonds is 5. The van der Waals surface area contributed by atoms with Gasteiger partial charge in [0.25, 0.3) is 5.91 Å². The van der Waals surface area contributed by atoms with Gasteiger partial charge in [-0.3, -0.25) is 4.79 Å². The van der Waals surface area contributed by atoms with Crippen molar-refractivity contribution in [1.29, 1.82) is 0 Å². The van der Waals surface area contributed by atoms with Crippen LogP contribution in [0.25, 0.3) is 0 Å². The van der Waals surface area contributed by atoms with Crippen molar-refractivity contribution in [3.63, 3.8) is 0 Å². The number of anilines is 1. The smallest absolute Gasteiger partial charge is 0.260 e. The number of hydrogen-bond acceptors (Lipinski definition) is 4. The largest absolute Gasteiger partial charge is 0.497 e. The van der Waals surface area contributed by atoms with Gasteiger partial charge in [0, 0.05) is 12.6 Å². The van der Waals surface area contributed by atoms with E-state index in [2.05, 4.69) is 5.32 Å². The summed E-state index contributed by atoms with van der Waals surface area (Å²) >= 11 is 0. The first kappa shape index (κ1) is 13.2. The Bertz CT molecular complexity index is 393. The fourth-order valence-corrected chi connectivity index (χ4v) is 1.32. The molecule has 94 valence electrons. The second-order valence-electron chi connectivity index (χ2n) is 3.56. The van der Waals surface area contributed by atoms with Gasteiger partial charge in [0.2, 0.25) is 0 Å². The lowest BCUT2D eigenvalue weighted by molar-refractivity contribution is -0.127. The van der Waals surface area contributed by atoms with Crippen molar-refractivity contribution in [1.82, 2.24) is 5.32 Å². The van der Waals surface area contributed by atoms with Crippen LogP contribution in [0.1, 0.15) is 13.8 Å². The molecular formula is C12H18N2O3. The molecule has 0 aliphatic carbocycles. The van der Waals surface area contributed by atoms with Gasteiger partial charge >= 0.3 is 0 Å². The highest BCUT2D eigenvalue weighted by Crippen LogP contribution is 2.26. The summed E-state index contributed by atoms with van der Waals surface area (Å²) in [5, 5.41) is 2.68. The highest BCUT2D eigenvalue weighted by Gasteiger charge is 2.14. The lowest BCUT2D eigenvalue weighted by atomic mass is 10.2. The second kappa shape index (κ2) is 5.98. The Morgan fingerprint density at radius 2 is 2.24 bits per heavy atom. The number of carbonyl (C=O) groups excluding carboxylic acids is 1. The van der Waals surface area contributed by atoms with Gasteiger partial charge < -0.3 is 20.5 Å². The van der Waals surface area contributed by atoms with Crippen molar-refractivity contribution >= 4 is 11.6 Å². The van der Waals surface area contributed by atoms with Crippen molar-refractivity contribution in [2.75, 3.05) is 19.4 Å². The van der Waals surface area contributed by atoms with Crippen LogP contribution in [0.5, 0.6) is 11.5 Å². The standard InChI is InChI=1S/C12H18N2O3/c1-4-14-12(15)8(2)17-11-6-5-9(16-3)7-10(11)13/h5-8H,4,13H2,1-3H3,(H,14,15). The average molecular weight is 238 g/mol. The number of nitrogens with one attached hydrogen (secondary N) is 1. The van der Waals surface area contributed by atoms with E-state index in [0.717, 1.165) is 0 Å². The molecule has 3 N–H and O–H groups in total. The minimum absolute atomic E-state index is 0.164. The van der Waals surface area contributed by atoms with Gasteiger partial charge in [-0.15, -0.1) is 0 Å². The molecule has 0 heterocycles. The monoisotopic (exact) mass is 238 g/mol. The van der Waals surface area contributed by atoms with Crippen LogP contribution < -0.4 is 20.5 Å². The minimum Gasteiger partial charge on any atom is -0.497 e. The number of benzene rings is 1. The van der Waals surface area contributed by atoms with Gasteiger partial charge in [-0.05, 0) is 26.0 Å². The summed E-state index contributed by atoms with van der Waals surface area (Å²) in [5.41, 5.74) is 6.23. The van der Waals surface area contributed by atoms with Crippen molar-refractivity contribution < 1.29 is 14.3 Å². The van der Waals surface area contributed by atoms with E-state index >= 15 is 0 Å². The zero-order valence-electron chi connectivity index (χ0n) is 10.3. The molecule has 0 radical (unpaired) electrons. The zero-order valence-corrected chi connectivity index (χ0v) is 10.3. The van der Waals surface area contributed by atoms with Gasteiger partial charge in [-0.25, -0.2) is 0 Å². The first-order valence-corrected chi connectivity index (χ1v) is 5.46. The number of methoxy groups -OCH3 is 1. The van der Waals surface area contributed by atoms with E-state index in [0.29, 0.717) is 23.7 Å². The minimum atomic E-state index is -0.578. The Morgan fingerprint density at radius 1 is 1.53 bits per heavy atom. The number of nitrogen functional groups attached to an aromatic ring is 1. The zero-order chi connectivity index (χ0) is 12.8. The maximum atomic E-state index is 11.5. The van der Waals surface area contributed by atoms with E-state index in [1.807, 2.05) is 6.92 Å². The normalized spacial score (nSPS) is 11.7. The van der Waals surface area contributed by atoms with E-state index in [-0.39, 0.29) is 5.91 Å². The van der Waals surface area contributed by atoms with Crippen LogP contribution in [0.2, 0.25) is 0 Å². The number of likely N-dealkylation sites (N-methyl/N-ethyl adjacent to an activating group) is 1. The van der Waals surface area contributed by atoms with Crippen LogP contribution in [0, 0.1) is 0 Å². The first-order chi connectivity index (χ1) is 8.08. The molecule has 1 aromatic rings. The van der Waals surface area contributed by atoms with Crippen molar-refractivity contribution in [2.24, 2.45) is 0 Å². The lowest BCUT2D eigenvalue weighted by Gasteiger charge is -2.15. The second-order valence-corrected chi connectivity index (χ2v) is 3.56. The summed E-state index contributed by atoms with van der Waals surface area (Å²) in [6.07, 6.45) is -0.578. The molecule has 1 aromatic carbocycles. The van der Waals surface area contributed by atoms with Gasteiger partial charge in [-0.2, -0.15) is 0 Å². The maximum absolute atomic E-state index is 11.5. The number of carbonyl (C=O) groups is 1. The molecule has 1 rings (SSSR count). The summed E-state index contributed by atoms with van der Waals surface area (Å²) in [6.45, 7) is 4.10. The quantitative estimate of drug-likeness (QED) is 0.755. The Balaban J connectivity index is 2.71. The van der Waals surface area contributed by atoms with Crippen LogP contribution >= 0.6 is 0 Å². The van der Waals surface area contributed by atoms with Crippen LogP contribution in [-0.4, -0.2) is 25.7 Å². The third-order valence-electron chi connectivity index (χ3n) is 2.24.